The quantitative estimate of drug-likeness (QED) is 0.639. The summed E-state index contributed by atoms with van der Waals surface area (Å²) in [6, 6.07) is 9.61. The van der Waals surface area contributed by atoms with Gasteiger partial charge in [0.15, 0.2) is 17.3 Å². The Morgan fingerprint density at radius 2 is 1.65 bits per heavy atom. The van der Waals surface area contributed by atoms with Crippen molar-refractivity contribution in [3.05, 3.63) is 60.0 Å². The maximum absolute atomic E-state index is 5.31. The SMILES string of the molecule is COc1ccc(CNc2nncc(NCc3ccncc3)n2)cc1OC. The summed E-state index contributed by atoms with van der Waals surface area (Å²) in [5, 5.41) is 14.4. The number of nitrogens with zero attached hydrogens (tertiary/aromatic N) is 4. The fourth-order valence-electron chi connectivity index (χ4n) is 2.33. The van der Waals surface area contributed by atoms with Crippen LogP contribution in [0.1, 0.15) is 11.1 Å². The molecule has 0 spiro atoms. The Hall–Kier alpha value is -3.42. The van der Waals surface area contributed by atoms with Crippen LogP contribution in [0.2, 0.25) is 0 Å². The summed E-state index contributed by atoms with van der Waals surface area (Å²) >= 11 is 0. The van der Waals surface area contributed by atoms with Crippen molar-refractivity contribution in [2.75, 3.05) is 24.9 Å². The molecular weight excluding hydrogens is 332 g/mol. The van der Waals surface area contributed by atoms with Gasteiger partial charge in [0.2, 0.25) is 5.95 Å². The Balaban J connectivity index is 1.60. The van der Waals surface area contributed by atoms with Crippen LogP contribution in [0.5, 0.6) is 11.5 Å². The van der Waals surface area contributed by atoms with Crippen LogP contribution in [0.25, 0.3) is 0 Å². The minimum absolute atomic E-state index is 0.444. The molecule has 0 unspecified atom stereocenters. The van der Waals surface area contributed by atoms with Crippen molar-refractivity contribution in [1.29, 1.82) is 0 Å². The molecule has 134 valence electrons. The lowest BCUT2D eigenvalue weighted by Crippen LogP contribution is -2.08. The highest BCUT2D eigenvalue weighted by Crippen LogP contribution is 2.27. The zero-order valence-electron chi connectivity index (χ0n) is 14.6. The van der Waals surface area contributed by atoms with Crippen LogP contribution < -0.4 is 20.1 Å². The number of nitrogens with one attached hydrogen (secondary N) is 2. The van der Waals surface area contributed by atoms with E-state index >= 15 is 0 Å². The molecule has 0 atom stereocenters. The molecule has 2 heterocycles. The predicted molar refractivity (Wildman–Crippen MR) is 98.3 cm³/mol. The van der Waals surface area contributed by atoms with Crippen LogP contribution in [0, 0.1) is 0 Å². The highest BCUT2D eigenvalue weighted by atomic mass is 16.5. The zero-order chi connectivity index (χ0) is 18.2. The lowest BCUT2D eigenvalue weighted by molar-refractivity contribution is 0.354. The van der Waals surface area contributed by atoms with Gasteiger partial charge in [-0.3, -0.25) is 4.98 Å². The third kappa shape index (κ3) is 4.56. The molecule has 8 nitrogen and oxygen atoms in total. The monoisotopic (exact) mass is 352 g/mol. The first-order chi connectivity index (χ1) is 12.8. The molecule has 8 heteroatoms. The number of ether oxygens (including phenoxy) is 2. The average Bonchev–Trinajstić information content (AvgIpc) is 2.71. The Morgan fingerprint density at radius 3 is 2.42 bits per heavy atom. The summed E-state index contributed by atoms with van der Waals surface area (Å²) in [6.07, 6.45) is 5.10. The fraction of sp³-hybridized carbons (Fsp3) is 0.222. The first-order valence-corrected chi connectivity index (χ1v) is 8.06. The van der Waals surface area contributed by atoms with Crippen molar-refractivity contribution >= 4 is 11.8 Å². The zero-order valence-corrected chi connectivity index (χ0v) is 14.6. The van der Waals surface area contributed by atoms with Crippen LogP contribution >= 0.6 is 0 Å². The van der Waals surface area contributed by atoms with Gasteiger partial charge in [-0.2, -0.15) is 10.1 Å². The summed E-state index contributed by atoms with van der Waals surface area (Å²) in [5.41, 5.74) is 2.12. The molecule has 0 saturated heterocycles. The van der Waals surface area contributed by atoms with Crippen LogP contribution in [-0.2, 0) is 13.1 Å². The molecule has 0 saturated carbocycles. The minimum atomic E-state index is 0.444. The molecule has 3 aromatic rings. The Bertz CT molecular complexity index is 844. The van der Waals surface area contributed by atoms with E-state index in [0.29, 0.717) is 36.4 Å². The highest BCUT2D eigenvalue weighted by Gasteiger charge is 2.06. The molecule has 0 fully saturated rings. The molecule has 0 bridgehead atoms. The summed E-state index contributed by atoms with van der Waals surface area (Å²) in [4.78, 5) is 8.41. The van der Waals surface area contributed by atoms with Crippen LogP contribution in [0.15, 0.2) is 48.9 Å². The number of rotatable bonds is 8. The Morgan fingerprint density at radius 1 is 0.885 bits per heavy atom. The molecule has 2 N–H and O–H groups in total. The molecule has 0 aliphatic carbocycles. The van der Waals surface area contributed by atoms with Gasteiger partial charge >= 0.3 is 0 Å². The second-order valence-corrected chi connectivity index (χ2v) is 5.42. The first-order valence-electron chi connectivity index (χ1n) is 8.06. The summed E-state index contributed by atoms with van der Waals surface area (Å²) in [6.45, 7) is 1.17. The number of anilines is 2. The largest absolute Gasteiger partial charge is 0.493 e. The summed E-state index contributed by atoms with van der Waals surface area (Å²) < 4.78 is 10.6. The second kappa shape index (κ2) is 8.61. The summed E-state index contributed by atoms with van der Waals surface area (Å²) in [5.74, 6) is 2.46. The number of hydrogen-bond donors (Lipinski definition) is 2. The topological polar surface area (TPSA) is 94.1 Å². The van der Waals surface area contributed by atoms with Crippen LogP contribution in [0.3, 0.4) is 0 Å². The van der Waals surface area contributed by atoms with Crippen LogP contribution in [-0.4, -0.2) is 34.4 Å². The van der Waals surface area contributed by atoms with E-state index in [9.17, 15) is 0 Å². The van der Waals surface area contributed by atoms with Gasteiger partial charge in [-0.15, -0.1) is 5.10 Å². The van der Waals surface area contributed by atoms with E-state index in [0.717, 1.165) is 11.1 Å². The number of hydrogen-bond acceptors (Lipinski definition) is 8. The Labute approximate surface area is 151 Å². The molecule has 0 aliphatic heterocycles. The number of aromatic nitrogens is 4. The van der Waals surface area contributed by atoms with Crippen molar-refractivity contribution in [2.45, 2.75) is 13.1 Å². The van der Waals surface area contributed by atoms with Gasteiger partial charge in [0.05, 0.1) is 20.4 Å². The van der Waals surface area contributed by atoms with Gasteiger partial charge in [-0.05, 0) is 35.4 Å². The van der Waals surface area contributed by atoms with Crippen molar-refractivity contribution in [1.82, 2.24) is 20.2 Å². The normalized spacial score (nSPS) is 10.2. The van der Waals surface area contributed by atoms with Gasteiger partial charge in [-0.25, -0.2) is 0 Å². The third-order valence-electron chi connectivity index (χ3n) is 3.68. The standard InChI is InChI=1S/C18H20N6O2/c1-25-15-4-3-14(9-16(15)26-2)11-21-18-23-17(12-22-24-18)20-10-13-5-7-19-8-6-13/h3-9,12H,10-11H2,1-2H3,(H2,20,21,23,24). The number of benzene rings is 1. The smallest absolute Gasteiger partial charge is 0.244 e. The van der Waals surface area contributed by atoms with Gasteiger partial charge in [-0.1, -0.05) is 6.07 Å². The van der Waals surface area contributed by atoms with Gasteiger partial charge in [0.25, 0.3) is 0 Å². The summed E-state index contributed by atoms with van der Waals surface area (Å²) in [7, 11) is 3.22. The first kappa shape index (κ1) is 17.4. The van der Waals surface area contributed by atoms with Gasteiger partial charge in [0.1, 0.15) is 0 Å². The average molecular weight is 352 g/mol. The van der Waals surface area contributed by atoms with E-state index in [4.69, 9.17) is 9.47 Å². The highest BCUT2D eigenvalue weighted by molar-refractivity contribution is 5.44. The minimum Gasteiger partial charge on any atom is -0.493 e. The lowest BCUT2D eigenvalue weighted by atomic mass is 10.2. The third-order valence-corrected chi connectivity index (χ3v) is 3.68. The molecule has 2 aromatic heterocycles. The van der Waals surface area contributed by atoms with E-state index in [2.05, 4.69) is 30.8 Å². The molecule has 0 radical (unpaired) electrons. The van der Waals surface area contributed by atoms with Gasteiger partial charge < -0.3 is 20.1 Å². The predicted octanol–water partition coefficient (Wildman–Crippen LogP) is 2.51. The molecule has 3 rings (SSSR count). The maximum Gasteiger partial charge on any atom is 0.244 e. The van der Waals surface area contributed by atoms with E-state index in [1.54, 1.807) is 32.8 Å². The van der Waals surface area contributed by atoms with E-state index in [1.807, 2.05) is 30.3 Å². The molecule has 0 amide bonds. The molecule has 1 aromatic carbocycles. The van der Waals surface area contributed by atoms with Crippen molar-refractivity contribution < 1.29 is 9.47 Å². The molecular formula is C18H20N6O2. The van der Waals surface area contributed by atoms with Gasteiger partial charge in [0, 0.05) is 25.5 Å². The number of methoxy groups -OCH3 is 2. The second-order valence-electron chi connectivity index (χ2n) is 5.42. The van der Waals surface area contributed by atoms with Crippen molar-refractivity contribution in [3.8, 4) is 11.5 Å². The Kier molecular flexibility index (Phi) is 5.76. The van der Waals surface area contributed by atoms with Crippen molar-refractivity contribution in [3.63, 3.8) is 0 Å². The van der Waals surface area contributed by atoms with E-state index in [1.165, 1.54) is 0 Å². The molecule has 0 aliphatic rings. The lowest BCUT2D eigenvalue weighted by Gasteiger charge is -2.10. The van der Waals surface area contributed by atoms with E-state index < -0.39 is 0 Å². The maximum atomic E-state index is 5.31. The number of pyridine rings is 1. The fourth-order valence-corrected chi connectivity index (χ4v) is 2.33. The van der Waals surface area contributed by atoms with Crippen LogP contribution in [0.4, 0.5) is 11.8 Å². The van der Waals surface area contributed by atoms with E-state index in [-0.39, 0.29) is 0 Å². The van der Waals surface area contributed by atoms with Crippen molar-refractivity contribution in [2.24, 2.45) is 0 Å². The molecule has 26 heavy (non-hydrogen) atoms.